The molecule has 7 nitrogen and oxygen atoms in total. The lowest BCUT2D eigenvalue weighted by Gasteiger charge is -2.22. The second-order valence-corrected chi connectivity index (χ2v) is 7.17. The number of aryl methyl sites for hydroxylation is 1. The van der Waals surface area contributed by atoms with Crippen molar-refractivity contribution in [1.29, 1.82) is 0 Å². The van der Waals surface area contributed by atoms with Crippen LogP contribution in [0.3, 0.4) is 0 Å². The van der Waals surface area contributed by atoms with Gasteiger partial charge in [-0.05, 0) is 29.7 Å². The summed E-state index contributed by atoms with van der Waals surface area (Å²) < 4.78 is 49.0. The van der Waals surface area contributed by atoms with E-state index in [4.69, 9.17) is 9.47 Å². The Bertz CT molecular complexity index is 882. The standard InChI is InChI=1S/C20H26F3N5O2/c1-24-19(28-7-6-15(12-28)16-10-26-27(2)11-16)25-9-14-4-5-17(18(8-14)29-3)30-13-20(21,22)23/h4-5,8,10-11,15H,6-7,9,12-13H2,1-3H3,(H,24,25). The second kappa shape index (κ2) is 9.27. The Hall–Kier alpha value is -2.91. The summed E-state index contributed by atoms with van der Waals surface area (Å²) in [6, 6.07) is 4.85. The van der Waals surface area contributed by atoms with Gasteiger partial charge in [-0.2, -0.15) is 18.3 Å². The first-order valence-electron chi connectivity index (χ1n) is 9.59. The number of likely N-dealkylation sites (tertiary alicyclic amines) is 1. The molecule has 0 aliphatic carbocycles. The summed E-state index contributed by atoms with van der Waals surface area (Å²) in [5, 5.41) is 7.56. The molecule has 1 atom stereocenters. The van der Waals surface area contributed by atoms with Gasteiger partial charge in [-0.3, -0.25) is 9.67 Å². The number of nitrogens with one attached hydrogen (secondary N) is 1. The van der Waals surface area contributed by atoms with Gasteiger partial charge in [0.15, 0.2) is 24.1 Å². The molecule has 1 aromatic carbocycles. The maximum Gasteiger partial charge on any atom is 0.422 e. The van der Waals surface area contributed by atoms with Gasteiger partial charge in [-0.1, -0.05) is 6.07 Å². The molecule has 1 aliphatic rings. The Balaban J connectivity index is 1.58. The summed E-state index contributed by atoms with van der Waals surface area (Å²) in [7, 11) is 5.04. The van der Waals surface area contributed by atoms with Crippen molar-refractivity contribution < 1.29 is 22.6 Å². The number of halogens is 3. The topological polar surface area (TPSA) is 63.9 Å². The molecule has 2 aromatic rings. The third-order valence-corrected chi connectivity index (χ3v) is 4.97. The van der Waals surface area contributed by atoms with E-state index in [1.807, 2.05) is 19.4 Å². The molecule has 1 aliphatic heterocycles. The lowest BCUT2D eigenvalue weighted by Crippen LogP contribution is -2.39. The van der Waals surface area contributed by atoms with Gasteiger partial charge in [0.05, 0.1) is 13.3 Å². The number of rotatable bonds is 6. The molecule has 0 saturated carbocycles. The van der Waals surface area contributed by atoms with Crippen LogP contribution >= 0.6 is 0 Å². The number of benzene rings is 1. The number of aliphatic imine (C=N–C) groups is 1. The first kappa shape index (κ1) is 21.8. The normalized spacial score (nSPS) is 17.3. The van der Waals surface area contributed by atoms with Gasteiger partial charge < -0.3 is 19.7 Å². The molecule has 164 valence electrons. The Kier molecular flexibility index (Phi) is 6.73. The second-order valence-electron chi connectivity index (χ2n) is 7.17. The lowest BCUT2D eigenvalue weighted by atomic mass is 10.0. The number of aromatic nitrogens is 2. The first-order valence-corrected chi connectivity index (χ1v) is 9.59. The zero-order chi connectivity index (χ0) is 21.7. The highest BCUT2D eigenvalue weighted by Gasteiger charge is 2.29. The summed E-state index contributed by atoms with van der Waals surface area (Å²) in [6.45, 7) is 0.822. The highest BCUT2D eigenvalue weighted by molar-refractivity contribution is 5.80. The molecule has 1 unspecified atom stereocenters. The van der Waals surface area contributed by atoms with E-state index in [0.717, 1.165) is 31.0 Å². The van der Waals surface area contributed by atoms with Crippen LogP contribution in [0.25, 0.3) is 0 Å². The van der Waals surface area contributed by atoms with Gasteiger partial charge in [0, 0.05) is 45.8 Å². The van der Waals surface area contributed by atoms with Crippen molar-refractivity contribution in [2.45, 2.75) is 25.1 Å². The number of hydrogen-bond acceptors (Lipinski definition) is 4. The van der Waals surface area contributed by atoms with Crippen molar-refractivity contribution in [3.05, 3.63) is 41.7 Å². The Morgan fingerprint density at radius 1 is 1.33 bits per heavy atom. The highest BCUT2D eigenvalue weighted by Crippen LogP contribution is 2.30. The third kappa shape index (κ3) is 5.58. The SMILES string of the molecule is CN=C(NCc1ccc(OCC(F)(F)F)c(OC)c1)N1CCC(c2cnn(C)c2)C1. The van der Waals surface area contributed by atoms with Crippen LogP contribution in [0.1, 0.15) is 23.5 Å². The van der Waals surface area contributed by atoms with Gasteiger partial charge in [0.2, 0.25) is 0 Å². The number of hydrogen-bond donors (Lipinski definition) is 1. The van der Waals surface area contributed by atoms with Crippen LogP contribution in [0.2, 0.25) is 0 Å². The van der Waals surface area contributed by atoms with Crippen LogP contribution in [0.5, 0.6) is 11.5 Å². The van der Waals surface area contributed by atoms with E-state index in [1.165, 1.54) is 18.7 Å². The molecule has 1 fully saturated rings. The fraction of sp³-hybridized carbons (Fsp3) is 0.500. The molecule has 30 heavy (non-hydrogen) atoms. The summed E-state index contributed by atoms with van der Waals surface area (Å²) in [6.07, 6.45) is 0.560. The maximum atomic E-state index is 12.4. The van der Waals surface area contributed by atoms with Crippen LogP contribution in [0, 0.1) is 0 Å². The minimum absolute atomic E-state index is 0.0572. The fourth-order valence-corrected chi connectivity index (χ4v) is 3.49. The van der Waals surface area contributed by atoms with E-state index in [0.29, 0.717) is 12.5 Å². The molecule has 0 radical (unpaired) electrons. The zero-order valence-electron chi connectivity index (χ0n) is 17.2. The van der Waals surface area contributed by atoms with Crippen molar-refractivity contribution >= 4 is 5.96 Å². The molecule has 1 aromatic heterocycles. The average Bonchev–Trinajstić information content (AvgIpc) is 3.36. The smallest absolute Gasteiger partial charge is 0.422 e. The summed E-state index contributed by atoms with van der Waals surface area (Å²) in [5.74, 6) is 1.49. The minimum atomic E-state index is -4.40. The molecule has 0 amide bonds. The van der Waals surface area contributed by atoms with Gasteiger partial charge >= 0.3 is 6.18 Å². The molecule has 10 heteroatoms. The van der Waals surface area contributed by atoms with Gasteiger partial charge in [-0.15, -0.1) is 0 Å². The maximum absolute atomic E-state index is 12.4. The summed E-state index contributed by atoms with van der Waals surface area (Å²) in [4.78, 5) is 6.55. The molecule has 1 saturated heterocycles. The number of ether oxygens (including phenoxy) is 2. The number of nitrogens with zero attached hydrogens (tertiary/aromatic N) is 4. The number of guanidine groups is 1. The zero-order valence-corrected chi connectivity index (χ0v) is 17.2. The first-order chi connectivity index (χ1) is 14.3. The van der Waals surface area contributed by atoms with Crippen LogP contribution < -0.4 is 14.8 Å². The van der Waals surface area contributed by atoms with E-state index >= 15 is 0 Å². The Labute approximate surface area is 173 Å². The van der Waals surface area contributed by atoms with Crippen LogP contribution in [0.4, 0.5) is 13.2 Å². The van der Waals surface area contributed by atoms with E-state index in [9.17, 15) is 13.2 Å². The van der Waals surface area contributed by atoms with E-state index in [2.05, 4.69) is 20.3 Å². The predicted octanol–water partition coefficient (Wildman–Crippen LogP) is 2.93. The lowest BCUT2D eigenvalue weighted by molar-refractivity contribution is -0.153. The number of methoxy groups -OCH3 is 1. The van der Waals surface area contributed by atoms with Gasteiger partial charge in [-0.25, -0.2) is 0 Å². The largest absolute Gasteiger partial charge is 0.493 e. The summed E-state index contributed by atoms with van der Waals surface area (Å²) >= 11 is 0. The van der Waals surface area contributed by atoms with Gasteiger partial charge in [0.25, 0.3) is 0 Å². The molecule has 0 bridgehead atoms. The molecular formula is C20H26F3N5O2. The number of alkyl halides is 3. The van der Waals surface area contributed by atoms with Gasteiger partial charge in [0.1, 0.15) is 0 Å². The average molecular weight is 425 g/mol. The van der Waals surface area contributed by atoms with Crippen LogP contribution in [-0.2, 0) is 13.6 Å². The predicted molar refractivity (Wildman–Crippen MR) is 107 cm³/mol. The quantitative estimate of drug-likeness (QED) is 0.570. The molecular weight excluding hydrogens is 399 g/mol. The van der Waals surface area contributed by atoms with Crippen molar-refractivity contribution in [3.8, 4) is 11.5 Å². The van der Waals surface area contributed by atoms with E-state index in [1.54, 1.807) is 23.9 Å². The Morgan fingerprint density at radius 2 is 2.13 bits per heavy atom. The van der Waals surface area contributed by atoms with Crippen LogP contribution in [0.15, 0.2) is 35.6 Å². The minimum Gasteiger partial charge on any atom is -0.493 e. The monoisotopic (exact) mass is 425 g/mol. The Morgan fingerprint density at radius 3 is 2.77 bits per heavy atom. The van der Waals surface area contributed by atoms with Crippen molar-refractivity contribution in [3.63, 3.8) is 0 Å². The molecule has 2 heterocycles. The molecule has 3 rings (SSSR count). The third-order valence-electron chi connectivity index (χ3n) is 4.97. The fourth-order valence-electron chi connectivity index (χ4n) is 3.49. The van der Waals surface area contributed by atoms with Crippen LogP contribution in [-0.4, -0.2) is 60.7 Å². The van der Waals surface area contributed by atoms with Crippen molar-refractivity contribution in [2.24, 2.45) is 12.0 Å². The summed E-state index contributed by atoms with van der Waals surface area (Å²) in [5.41, 5.74) is 2.06. The molecule has 1 N–H and O–H groups in total. The highest BCUT2D eigenvalue weighted by atomic mass is 19.4. The van der Waals surface area contributed by atoms with E-state index in [-0.39, 0.29) is 11.5 Å². The van der Waals surface area contributed by atoms with Crippen molar-refractivity contribution in [1.82, 2.24) is 20.0 Å². The molecule has 0 spiro atoms. The van der Waals surface area contributed by atoms with Crippen molar-refractivity contribution in [2.75, 3.05) is 33.9 Å². The van der Waals surface area contributed by atoms with E-state index < -0.39 is 12.8 Å².